The predicted molar refractivity (Wildman–Crippen MR) is 140 cm³/mol. The zero-order chi connectivity index (χ0) is 24.8. The Kier molecular flexibility index (Phi) is 7.70. The van der Waals surface area contributed by atoms with Crippen molar-refractivity contribution in [3.05, 3.63) is 112 Å². The van der Waals surface area contributed by atoms with Crippen molar-refractivity contribution in [2.24, 2.45) is 4.99 Å². The van der Waals surface area contributed by atoms with Gasteiger partial charge in [-0.15, -0.1) is 6.58 Å². The standard InChI is InChI=1S/C27H21ClN2O4S/c1-2-14-30-25(31)24(35-27(30)29-22-5-3-4-20(16-22)26(32)33)15-18-8-12-23(13-9-18)34-17-19-6-10-21(28)11-7-19/h2-13,15-16H,1,14,17H2,(H,32,33)/b24-15-,29-27?. The number of ether oxygens (including phenoxy) is 1. The van der Waals surface area contributed by atoms with Gasteiger partial charge in [0.25, 0.3) is 5.91 Å². The summed E-state index contributed by atoms with van der Waals surface area (Å²) in [5.74, 6) is -0.515. The number of amidine groups is 1. The Morgan fingerprint density at radius 3 is 2.54 bits per heavy atom. The first-order valence-corrected chi connectivity index (χ1v) is 11.8. The third kappa shape index (κ3) is 6.20. The van der Waals surface area contributed by atoms with Gasteiger partial charge >= 0.3 is 5.97 Å². The summed E-state index contributed by atoms with van der Waals surface area (Å²) >= 11 is 7.15. The van der Waals surface area contributed by atoms with Crippen molar-refractivity contribution in [3.8, 4) is 5.75 Å². The van der Waals surface area contributed by atoms with Crippen molar-refractivity contribution in [1.29, 1.82) is 0 Å². The number of carboxylic acid groups (broad SMARTS) is 1. The number of carboxylic acids is 1. The van der Waals surface area contributed by atoms with Crippen molar-refractivity contribution < 1.29 is 19.4 Å². The number of thioether (sulfide) groups is 1. The van der Waals surface area contributed by atoms with E-state index in [0.29, 0.717) is 33.1 Å². The van der Waals surface area contributed by atoms with E-state index in [0.717, 1.165) is 11.1 Å². The average Bonchev–Trinajstić information content (AvgIpc) is 3.14. The summed E-state index contributed by atoms with van der Waals surface area (Å²) in [6, 6.07) is 21.2. The normalized spacial score (nSPS) is 15.6. The van der Waals surface area contributed by atoms with E-state index in [1.807, 2.05) is 48.5 Å². The van der Waals surface area contributed by atoms with E-state index in [-0.39, 0.29) is 18.0 Å². The molecule has 1 N–H and O–H groups in total. The molecule has 1 heterocycles. The Morgan fingerprint density at radius 2 is 1.86 bits per heavy atom. The fraction of sp³-hybridized carbons (Fsp3) is 0.0741. The first-order chi connectivity index (χ1) is 16.9. The monoisotopic (exact) mass is 504 g/mol. The first-order valence-electron chi connectivity index (χ1n) is 10.6. The summed E-state index contributed by atoms with van der Waals surface area (Å²) in [7, 11) is 0. The first kappa shape index (κ1) is 24.3. The fourth-order valence-corrected chi connectivity index (χ4v) is 4.39. The van der Waals surface area contributed by atoms with E-state index in [2.05, 4.69) is 11.6 Å². The number of halogens is 1. The SMILES string of the molecule is C=CCN1C(=O)/C(=C/c2ccc(OCc3ccc(Cl)cc3)cc2)SC1=Nc1cccc(C(=O)O)c1. The number of hydrogen-bond donors (Lipinski definition) is 1. The van der Waals surface area contributed by atoms with Crippen LogP contribution in [-0.4, -0.2) is 33.6 Å². The lowest BCUT2D eigenvalue weighted by atomic mass is 10.2. The van der Waals surface area contributed by atoms with Crippen LogP contribution in [0, 0.1) is 0 Å². The second-order valence-corrected chi connectivity index (χ2v) is 8.99. The highest BCUT2D eigenvalue weighted by molar-refractivity contribution is 8.18. The molecule has 8 heteroatoms. The zero-order valence-corrected chi connectivity index (χ0v) is 20.1. The van der Waals surface area contributed by atoms with Gasteiger partial charge in [-0.05, 0) is 71.4 Å². The van der Waals surface area contributed by atoms with Gasteiger partial charge in [0.1, 0.15) is 12.4 Å². The molecular formula is C27H21ClN2O4S. The van der Waals surface area contributed by atoms with E-state index in [1.54, 1.807) is 24.3 Å². The Labute approximate surface area is 212 Å². The predicted octanol–water partition coefficient (Wildman–Crippen LogP) is 6.41. The summed E-state index contributed by atoms with van der Waals surface area (Å²) < 4.78 is 5.82. The number of rotatable bonds is 8. The number of benzene rings is 3. The Hall–Kier alpha value is -3.81. The van der Waals surface area contributed by atoms with Gasteiger partial charge in [-0.3, -0.25) is 9.69 Å². The molecule has 1 saturated heterocycles. The van der Waals surface area contributed by atoms with Crippen LogP contribution in [0.25, 0.3) is 6.08 Å². The van der Waals surface area contributed by atoms with Crippen LogP contribution in [0.5, 0.6) is 5.75 Å². The third-order valence-corrected chi connectivity index (χ3v) is 6.27. The molecule has 0 aromatic heterocycles. The molecule has 0 aliphatic carbocycles. The van der Waals surface area contributed by atoms with Crippen LogP contribution >= 0.6 is 23.4 Å². The average molecular weight is 505 g/mol. The number of aromatic carboxylic acids is 1. The highest BCUT2D eigenvalue weighted by Crippen LogP contribution is 2.34. The molecule has 0 radical (unpaired) electrons. The van der Waals surface area contributed by atoms with Crippen molar-refractivity contribution in [3.63, 3.8) is 0 Å². The topological polar surface area (TPSA) is 79.2 Å². The van der Waals surface area contributed by atoms with Crippen molar-refractivity contribution in [2.45, 2.75) is 6.61 Å². The quantitative estimate of drug-likeness (QED) is 0.283. The maximum absolute atomic E-state index is 13.0. The van der Waals surface area contributed by atoms with Crippen LogP contribution in [0.15, 0.2) is 95.3 Å². The zero-order valence-electron chi connectivity index (χ0n) is 18.6. The number of carbonyl (C=O) groups is 2. The van der Waals surface area contributed by atoms with Crippen LogP contribution in [0.1, 0.15) is 21.5 Å². The van der Waals surface area contributed by atoms with Gasteiger partial charge in [0, 0.05) is 11.6 Å². The van der Waals surface area contributed by atoms with Gasteiger partial charge in [0.15, 0.2) is 5.17 Å². The molecule has 1 aliphatic rings. The maximum Gasteiger partial charge on any atom is 0.335 e. The lowest BCUT2D eigenvalue weighted by Gasteiger charge is -2.12. The van der Waals surface area contributed by atoms with E-state index < -0.39 is 5.97 Å². The van der Waals surface area contributed by atoms with Crippen LogP contribution < -0.4 is 4.74 Å². The maximum atomic E-state index is 13.0. The number of hydrogen-bond acceptors (Lipinski definition) is 5. The molecule has 4 rings (SSSR count). The molecule has 0 unspecified atom stereocenters. The summed E-state index contributed by atoms with van der Waals surface area (Å²) in [5, 5.41) is 10.4. The van der Waals surface area contributed by atoms with Gasteiger partial charge in [0.2, 0.25) is 0 Å². The second kappa shape index (κ2) is 11.1. The number of amides is 1. The van der Waals surface area contributed by atoms with Gasteiger partial charge in [-0.1, -0.05) is 48.0 Å². The number of aliphatic imine (C=N–C) groups is 1. The third-order valence-electron chi connectivity index (χ3n) is 5.01. The molecule has 0 bridgehead atoms. The molecule has 0 spiro atoms. The van der Waals surface area contributed by atoms with Gasteiger partial charge in [-0.25, -0.2) is 9.79 Å². The lowest BCUT2D eigenvalue weighted by molar-refractivity contribution is -0.121. The molecule has 0 saturated carbocycles. The van der Waals surface area contributed by atoms with E-state index in [1.165, 1.54) is 28.8 Å². The van der Waals surface area contributed by atoms with E-state index in [4.69, 9.17) is 16.3 Å². The number of carbonyl (C=O) groups excluding carboxylic acids is 1. The van der Waals surface area contributed by atoms with Crippen molar-refractivity contribution in [2.75, 3.05) is 6.54 Å². The van der Waals surface area contributed by atoms with Crippen molar-refractivity contribution >= 4 is 52.2 Å². The summed E-state index contributed by atoms with van der Waals surface area (Å²) in [4.78, 5) is 30.8. The highest BCUT2D eigenvalue weighted by Gasteiger charge is 2.32. The molecule has 1 fully saturated rings. The smallest absolute Gasteiger partial charge is 0.335 e. The largest absolute Gasteiger partial charge is 0.489 e. The van der Waals surface area contributed by atoms with Gasteiger partial charge in [0.05, 0.1) is 16.2 Å². The summed E-state index contributed by atoms with van der Waals surface area (Å²) in [6.07, 6.45) is 3.42. The van der Waals surface area contributed by atoms with Crippen molar-refractivity contribution in [1.82, 2.24) is 4.90 Å². The van der Waals surface area contributed by atoms with Crippen LogP contribution in [0.3, 0.4) is 0 Å². The molecule has 0 atom stereocenters. The van der Waals surface area contributed by atoms with Gasteiger partial charge in [-0.2, -0.15) is 0 Å². The summed E-state index contributed by atoms with van der Waals surface area (Å²) in [5.41, 5.74) is 2.44. The van der Waals surface area contributed by atoms with Crippen LogP contribution in [0.4, 0.5) is 5.69 Å². The van der Waals surface area contributed by atoms with Crippen LogP contribution in [-0.2, 0) is 11.4 Å². The van der Waals surface area contributed by atoms with E-state index in [9.17, 15) is 14.7 Å². The summed E-state index contributed by atoms with van der Waals surface area (Å²) in [6.45, 7) is 4.44. The Balaban J connectivity index is 1.50. The number of nitrogens with zero attached hydrogens (tertiary/aromatic N) is 2. The molecule has 3 aromatic rings. The van der Waals surface area contributed by atoms with Gasteiger partial charge < -0.3 is 9.84 Å². The molecular weight excluding hydrogens is 484 g/mol. The Morgan fingerprint density at radius 1 is 1.11 bits per heavy atom. The molecule has 6 nitrogen and oxygen atoms in total. The minimum absolute atomic E-state index is 0.130. The molecule has 1 aliphatic heterocycles. The highest BCUT2D eigenvalue weighted by atomic mass is 35.5. The minimum Gasteiger partial charge on any atom is -0.489 e. The fourth-order valence-electron chi connectivity index (χ4n) is 3.26. The molecule has 3 aromatic carbocycles. The van der Waals surface area contributed by atoms with E-state index >= 15 is 0 Å². The molecule has 176 valence electrons. The molecule has 35 heavy (non-hydrogen) atoms. The lowest BCUT2D eigenvalue weighted by Crippen LogP contribution is -2.29. The molecule has 1 amide bonds. The second-order valence-electron chi connectivity index (χ2n) is 7.55. The minimum atomic E-state index is -1.04. The Bertz CT molecular complexity index is 1320. The van der Waals surface area contributed by atoms with Crippen LogP contribution in [0.2, 0.25) is 5.02 Å².